The van der Waals surface area contributed by atoms with E-state index < -0.39 is 11.7 Å². The maximum Gasteiger partial charge on any atom is 0.267 e. The molecule has 2 aliphatic heterocycles. The summed E-state index contributed by atoms with van der Waals surface area (Å²) in [6, 6.07) is 4.45. The third-order valence-corrected chi connectivity index (χ3v) is 8.20. The number of carbonyl (C=O) groups excluding carboxylic acids is 2. The van der Waals surface area contributed by atoms with Crippen molar-refractivity contribution < 1.29 is 18.7 Å². The molecule has 2 amide bonds. The molecular weight excluding hydrogens is 463 g/mol. The molecule has 36 heavy (non-hydrogen) atoms. The van der Waals surface area contributed by atoms with E-state index in [0.717, 1.165) is 24.8 Å². The van der Waals surface area contributed by atoms with Gasteiger partial charge in [0.05, 0.1) is 29.5 Å². The molecule has 1 atom stereocenters. The molecule has 1 N–H and O–H groups in total. The Morgan fingerprint density at radius 2 is 1.94 bits per heavy atom. The lowest BCUT2D eigenvalue weighted by Crippen LogP contribution is -2.56. The summed E-state index contributed by atoms with van der Waals surface area (Å²) in [5.41, 5.74) is 2.33. The molecule has 1 aliphatic carbocycles. The molecule has 8 nitrogen and oxygen atoms in total. The largest absolute Gasteiger partial charge is 0.373 e. The number of halogens is 1. The second kappa shape index (κ2) is 9.76. The smallest absolute Gasteiger partial charge is 0.267 e. The molecule has 1 unspecified atom stereocenters. The summed E-state index contributed by atoms with van der Waals surface area (Å²) in [7, 11) is 0. The molecule has 5 rings (SSSR count). The van der Waals surface area contributed by atoms with Crippen molar-refractivity contribution in [1.29, 1.82) is 0 Å². The van der Waals surface area contributed by atoms with Crippen molar-refractivity contribution in [3.63, 3.8) is 0 Å². The first-order valence-electron chi connectivity index (χ1n) is 12.8. The van der Waals surface area contributed by atoms with Crippen LogP contribution in [0.3, 0.4) is 0 Å². The number of aromatic amines is 1. The molecule has 2 saturated heterocycles. The number of carbonyl (C=O) groups is 2. The number of amides is 2. The van der Waals surface area contributed by atoms with Crippen molar-refractivity contribution in [2.24, 2.45) is 0 Å². The van der Waals surface area contributed by atoms with Crippen molar-refractivity contribution in [2.75, 3.05) is 26.2 Å². The van der Waals surface area contributed by atoms with Gasteiger partial charge in [0.1, 0.15) is 12.4 Å². The van der Waals surface area contributed by atoms with E-state index in [1.54, 1.807) is 13.0 Å². The average molecular weight is 497 g/mol. The van der Waals surface area contributed by atoms with Gasteiger partial charge in [-0.3, -0.25) is 14.4 Å². The number of nitrogens with zero attached hydrogens (tertiary/aromatic N) is 3. The van der Waals surface area contributed by atoms with Crippen LogP contribution < -0.4 is 5.56 Å². The third kappa shape index (κ3) is 4.68. The van der Waals surface area contributed by atoms with Crippen LogP contribution in [-0.4, -0.2) is 69.7 Å². The summed E-state index contributed by atoms with van der Waals surface area (Å²) >= 11 is 0. The highest BCUT2D eigenvalue weighted by Crippen LogP contribution is 2.41. The number of H-pyrrole nitrogens is 1. The first kappa shape index (κ1) is 24.6. The minimum Gasteiger partial charge on any atom is -0.373 e. The maximum absolute atomic E-state index is 14.7. The molecule has 3 aliphatic rings. The fraction of sp³-hybridized carbons (Fsp3) is 0.556. The summed E-state index contributed by atoms with van der Waals surface area (Å²) in [4.78, 5) is 41.3. The lowest BCUT2D eigenvalue weighted by molar-refractivity contribution is -0.137. The molecule has 0 radical (unpaired) electrons. The molecule has 1 aromatic carbocycles. The fourth-order valence-electron chi connectivity index (χ4n) is 5.87. The molecule has 2 aromatic rings. The van der Waals surface area contributed by atoms with E-state index in [9.17, 15) is 18.8 Å². The Kier molecular flexibility index (Phi) is 6.68. The number of nitrogens with one attached hydrogen (secondary N) is 1. The fourth-order valence-corrected chi connectivity index (χ4v) is 5.87. The maximum atomic E-state index is 14.7. The molecule has 3 fully saturated rings. The van der Waals surface area contributed by atoms with Gasteiger partial charge in [0.25, 0.3) is 11.5 Å². The average Bonchev–Trinajstić information content (AvgIpc) is 3.28. The lowest BCUT2D eigenvalue weighted by atomic mass is 9.82. The standard InChI is InChI=1S/C27H33FN4O4/c1-17-18(2)25(34)30-29-23(17)13-19-6-7-22(28)21(12-19)26(35)31-10-11-32(24(33)15-31)20-14-27(36-16-20)8-4-3-5-9-27/h6-7,12,20H,3-5,8-11,13-16H2,1-2H3,(H,30,34). The van der Waals surface area contributed by atoms with Gasteiger partial charge in [-0.25, -0.2) is 9.49 Å². The molecule has 1 aromatic heterocycles. The highest BCUT2D eigenvalue weighted by atomic mass is 19.1. The minimum atomic E-state index is -0.621. The second-order valence-corrected chi connectivity index (χ2v) is 10.5. The number of ether oxygens (including phenoxy) is 1. The third-order valence-electron chi connectivity index (χ3n) is 8.20. The Morgan fingerprint density at radius 1 is 1.17 bits per heavy atom. The van der Waals surface area contributed by atoms with Gasteiger partial charge in [-0.05, 0) is 56.4 Å². The summed E-state index contributed by atoms with van der Waals surface area (Å²) in [6.45, 7) is 4.81. The summed E-state index contributed by atoms with van der Waals surface area (Å²) in [5, 5.41) is 6.60. The van der Waals surface area contributed by atoms with Crippen LogP contribution in [0.1, 0.15) is 71.3 Å². The van der Waals surface area contributed by atoms with Crippen LogP contribution in [0.15, 0.2) is 23.0 Å². The number of hydrogen-bond donors (Lipinski definition) is 1. The van der Waals surface area contributed by atoms with E-state index >= 15 is 0 Å². The van der Waals surface area contributed by atoms with Crippen LogP contribution in [0.5, 0.6) is 0 Å². The van der Waals surface area contributed by atoms with Crippen LogP contribution in [0, 0.1) is 19.7 Å². The quantitative estimate of drug-likeness (QED) is 0.702. The van der Waals surface area contributed by atoms with E-state index in [-0.39, 0.29) is 35.2 Å². The van der Waals surface area contributed by atoms with Crippen LogP contribution in [0.2, 0.25) is 0 Å². The lowest BCUT2D eigenvalue weighted by Gasteiger charge is -2.38. The minimum absolute atomic E-state index is 0.0458. The molecular formula is C27H33FN4O4. The zero-order valence-corrected chi connectivity index (χ0v) is 20.9. The first-order chi connectivity index (χ1) is 17.3. The van der Waals surface area contributed by atoms with E-state index in [1.165, 1.54) is 36.3 Å². The summed E-state index contributed by atoms with van der Waals surface area (Å²) in [5.74, 6) is -1.23. The van der Waals surface area contributed by atoms with Gasteiger partial charge in [-0.1, -0.05) is 25.3 Å². The molecule has 192 valence electrons. The number of hydrogen-bond acceptors (Lipinski definition) is 5. The van der Waals surface area contributed by atoms with Gasteiger partial charge in [0.2, 0.25) is 5.91 Å². The highest BCUT2D eigenvalue weighted by Gasteiger charge is 2.45. The van der Waals surface area contributed by atoms with Crippen molar-refractivity contribution in [2.45, 2.75) is 70.4 Å². The van der Waals surface area contributed by atoms with Crippen LogP contribution in [0.25, 0.3) is 0 Å². The Bertz CT molecular complexity index is 1240. The molecule has 9 heteroatoms. The van der Waals surface area contributed by atoms with Gasteiger partial charge in [0.15, 0.2) is 0 Å². The normalized spacial score (nSPS) is 21.9. The van der Waals surface area contributed by atoms with Crippen LogP contribution in [0.4, 0.5) is 4.39 Å². The van der Waals surface area contributed by atoms with E-state index in [0.29, 0.717) is 42.9 Å². The summed E-state index contributed by atoms with van der Waals surface area (Å²) in [6.07, 6.45) is 6.91. The van der Waals surface area contributed by atoms with E-state index in [1.807, 2.05) is 11.8 Å². The Labute approximate surface area is 209 Å². The SMILES string of the molecule is Cc1c(Cc2ccc(F)c(C(=O)N3CCN(C4COC5(CCCCC5)C4)C(=O)C3)c2)n[nH]c(=O)c1C. The predicted molar refractivity (Wildman–Crippen MR) is 131 cm³/mol. The first-order valence-corrected chi connectivity index (χ1v) is 12.8. The monoisotopic (exact) mass is 496 g/mol. The van der Waals surface area contributed by atoms with Crippen molar-refractivity contribution >= 4 is 11.8 Å². The van der Waals surface area contributed by atoms with E-state index in [2.05, 4.69) is 10.2 Å². The van der Waals surface area contributed by atoms with Gasteiger partial charge >= 0.3 is 0 Å². The van der Waals surface area contributed by atoms with Gasteiger partial charge in [0, 0.05) is 25.1 Å². The number of piperazine rings is 1. The van der Waals surface area contributed by atoms with Gasteiger partial charge in [-0.2, -0.15) is 5.10 Å². The van der Waals surface area contributed by atoms with Crippen molar-refractivity contribution in [3.8, 4) is 0 Å². The topological polar surface area (TPSA) is 95.6 Å². The second-order valence-electron chi connectivity index (χ2n) is 10.5. The van der Waals surface area contributed by atoms with Gasteiger partial charge < -0.3 is 14.5 Å². The van der Waals surface area contributed by atoms with Crippen LogP contribution >= 0.6 is 0 Å². The van der Waals surface area contributed by atoms with E-state index in [4.69, 9.17) is 4.74 Å². The Morgan fingerprint density at radius 3 is 2.69 bits per heavy atom. The zero-order valence-electron chi connectivity index (χ0n) is 20.9. The van der Waals surface area contributed by atoms with Crippen molar-refractivity contribution in [1.82, 2.24) is 20.0 Å². The van der Waals surface area contributed by atoms with Crippen LogP contribution in [-0.2, 0) is 16.0 Å². The Balaban J connectivity index is 1.26. The molecule has 3 heterocycles. The zero-order chi connectivity index (χ0) is 25.4. The number of benzene rings is 1. The molecule has 1 saturated carbocycles. The van der Waals surface area contributed by atoms with Gasteiger partial charge in [-0.15, -0.1) is 0 Å². The molecule has 0 bridgehead atoms. The Hall–Kier alpha value is -3.07. The summed E-state index contributed by atoms with van der Waals surface area (Å²) < 4.78 is 20.9. The predicted octanol–water partition coefficient (Wildman–Crippen LogP) is 2.89. The number of rotatable bonds is 4. The van der Waals surface area contributed by atoms with Crippen molar-refractivity contribution in [3.05, 3.63) is 62.3 Å². The number of aromatic nitrogens is 2. The molecule has 1 spiro atoms. The highest BCUT2D eigenvalue weighted by molar-refractivity contribution is 5.97.